The highest BCUT2D eigenvalue weighted by molar-refractivity contribution is 14.1. The molecule has 9 nitrogen and oxygen atoms in total. The van der Waals surface area contributed by atoms with Gasteiger partial charge in [-0.2, -0.15) is 0 Å². The number of rotatable bonds is 5. The van der Waals surface area contributed by atoms with Crippen molar-refractivity contribution in [2.75, 3.05) is 6.61 Å². The maximum atomic E-state index is 12.5. The van der Waals surface area contributed by atoms with Gasteiger partial charge in [-0.05, 0) is 54.3 Å². The van der Waals surface area contributed by atoms with Gasteiger partial charge in [0.05, 0.1) is 20.0 Å². The summed E-state index contributed by atoms with van der Waals surface area (Å²) in [5.74, 6) is -1.70. The Kier molecular flexibility index (Phi) is 6.23. The number of aromatic hydroxyl groups is 1. The molecule has 0 saturated carbocycles. The van der Waals surface area contributed by atoms with Crippen LogP contribution in [0.1, 0.15) is 19.4 Å². The van der Waals surface area contributed by atoms with Crippen molar-refractivity contribution in [1.82, 2.24) is 4.90 Å². The van der Waals surface area contributed by atoms with Gasteiger partial charge >= 0.3 is 5.97 Å². The van der Waals surface area contributed by atoms with Crippen LogP contribution in [0.2, 0.25) is 0 Å². The Morgan fingerprint density at radius 1 is 1.50 bits per heavy atom. The Hall–Kier alpha value is -2.15. The molecular formula is C15H13IN2O7S. The molecule has 0 aromatic heterocycles. The minimum atomic E-state index is -1.10. The lowest BCUT2D eigenvalue weighted by Crippen LogP contribution is -2.42. The average molecular weight is 492 g/mol. The van der Waals surface area contributed by atoms with Crippen LogP contribution in [-0.2, 0) is 14.3 Å². The molecule has 1 aliphatic heterocycles. The van der Waals surface area contributed by atoms with Crippen molar-refractivity contribution >= 4 is 63.2 Å². The lowest BCUT2D eigenvalue weighted by atomic mass is 10.1. The summed E-state index contributed by atoms with van der Waals surface area (Å²) >= 11 is 2.30. The number of non-ortho nitro benzene ring substituents is 1. The van der Waals surface area contributed by atoms with E-state index < -0.39 is 28.1 Å². The Morgan fingerprint density at radius 3 is 2.73 bits per heavy atom. The summed E-state index contributed by atoms with van der Waals surface area (Å²) in [6, 6.07) is 1.18. The number of carbonyl (C=O) groups excluding carboxylic acids is 3. The summed E-state index contributed by atoms with van der Waals surface area (Å²) in [6.45, 7) is 3.07. The van der Waals surface area contributed by atoms with Crippen LogP contribution >= 0.6 is 34.4 Å². The maximum Gasteiger partial charge on any atom is 0.329 e. The fraction of sp³-hybridized carbons (Fsp3) is 0.267. The first-order valence-electron chi connectivity index (χ1n) is 7.28. The van der Waals surface area contributed by atoms with Gasteiger partial charge < -0.3 is 9.84 Å². The highest BCUT2D eigenvalue weighted by atomic mass is 127. The Labute approximate surface area is 165 Å². The predicted octanol–water partition coefficient (Wildman–Crippen LogP) is 2.89. The van der Waals surface area contributed by atoms with Crippen molar-refractivity contribution in [2.45, 2.75) is 19.9 Å². The topological polar surface area (TPSA) is 127 Å². The standard InChI is InChI=1S/C15H13IN2O7S/c1-3-25-14(21)7(2)17-13(20)11(26-15(17)22)5-8-4-9(18(23)24)6-10(16)12(8)19/h4-7,19H,3H2,1-2H3/b11-5+/t7-/m1/s1. The van der Waals surface area contributed by atoms with Gasteiger partial charge in [-0.3, -0.25) is 24.6 Å². The van der Waals surface area contributed by atoms with Crippen molar-refractivity contribution in [1.29, 1.82) is 0 Å². The smallest absolute Gasteiger partial charge is 0.329 e. The van der Waals surface area contributed by atoms with E-state index in [0.717, 1.165) is 11.0 Å². The van der Waals surface area contributed by atoms with E-state index in [-0.39, 0.29) is 32.1 Å². The number of nitro benzene ring substituents is 1. The Balaban J connectivity index is 2.39. The number of carbonyl (C=O) groups is 3. The third-order valence-electron chi connectivity index (χ3n) is 3.41. The van der Waals surface area contributed by atoms with Crippen LogP contribution < -0.4 is 0 Å². The summed E-state index contributed by atoms with van der Waals surface area (Å²) in [5.41, 5.74) is -0.240. The predicted molar refractivity (Wildman–Crippen MR) is 101 cm³/mol. The molecule has 0 spiro atoms. The summed E-state index contributed by atoms with van der Waals surface area (Å²) in [6.07, 6.45) is 1.19. The van der Waals surface area contributed by atoms with E-state index in [2.05, 4.69) is 0 Å². The van der Waals surface area contributed by atoms with Crippen molar-refractivity contribution in [2.24, 2.45) is 0 Å². The highest BCUT2D eigenvalue weighted by Gasteiger charge is 2.41. The van der Waals surface area contributed by atoms with Crippen LogP contribution in [0.25, 0.3) is 6.08 Å². The molecule has 2 rings (SSSR count). The first-order valence-corrected chi connectivity index (χ1v) is 9.17. The van der Waals surface area contributed by atoms with Crippen LogP contribution in [0.5, 0.6) is 5.75 Å². The van der Waals surface area contributed by atoms with E-state index in [0.29, 0.717) is 11.8 Å². The van der Waals surface area contributed by atoms with Crippen molar-refractivity contribution < 1.29 is 29.2 Å². The quantitative estimate of drug-likeness (QED) is 0.219. The third-order valence-corrected chi connectivity index (χ3v) is 5.12. The zero-order chi connectivity index (χ0) is 19.6. The lowest BCUT2D eigenvalue weighted by molar-refractivity contribution is -0.385. The van der Waals surface area contributed by atoms with Gasteiger partial charge in [0.1, 0.15) is 11.8 Å². The van der Waals surface area contributed by atoms with Crippen molar-refractivity contribution in [3.8, 4) is 5.75 Å². The largest absolute Gasteiger partial charge is 0.506 e. The number of ether oxygens (including phenoxy) is 1. The number of nitro groups is 1. The van der Waals surface area contributed by atoms with Crippen molar-refractivity contribution in [3.63, 3.8) is 0 Å². The molecule has 0 unspecified atom stereocenters. The van der Waals surface area contributed by atoms with Gasteiger partial charge in [0.25, 0.3) is 16.8 Å². The van der Waals surface area contributed by atoms with Gasteiger partial charge in [0.2, 0.25) is 0 Å². The molecule has 1 atom stereocenters. The van der Waals surface area contributed by atoms with Crippen LogP contribution in [0.4, 0.5) is 10.5 Å². The Bertz CT molecular complexity index is 840. The fourth-order valence-corrected chi connectivity index (χ4v) is 3.67. The normalized spacial score (nSPS) is 16.9. The minimum absolute atomic E-state index is 0.0258. The maximum absolute atomic E-state index is 12.5. The summed E-state index contributed by atoms with van der Waals surface area (Å²) in [4.78, 5) is 47.4. The van der Waals surface area contributed by atoms with E-state index in [9.17, 15) is 29.6 Å². The first-order chi connectivity index (χ1) is 12.2. The molecule has 1 fully saturated rings. The molecule has 1 aliphatic rings. The van der Waals surface area contributed by atoms with Crippen LogP contribution in [0, 0.1) is 13.7 Å². The van der Waals surface area contributed by atoms with Gasteiger partial charge in [-0.15, -0.1) is 0 Å². The van der Waals surface area contributed by atoms with Gasteiger partial charge in [-0.1, -0.05) is 0 Å². The molecule has 1 heterocycles. The fourth-order valence-electron chi connectivity index (χ4n) is 2.14. The number of hydrogen-bond acceptors (Lipinski definition) is 8. The molecule has 1 saturated heterocycles. The molecule has 0 bridgehead atoms. The number of phenolic OH excluding ortho intramolecular Hbond substituents is 1. The summed E-state index contributed by atoms with van der Waals surface area (Å²) in [5, 5.41) is 20.4. The minimum Gasteiger partial charge on any atom is -0.506 e. The molecule has 1 N–H and O–H groups in total. The van der Waals surface area contributed by atoms with Gasteiger partial charge in [0, 0.05) is 17.7 Å². The van der Waals surface area contributed by atoms with E-state index in [4.69, 9.17) is 4.74 Å². The molecule has 0 aliphatic carbocycles. The van der Waals surface area contributed by atoms with Gasteiger partial charge in [-0.25, -0.2) is 4.79 Å². The lowest BCUT2D eigenvalue weighted by Gasteiger charge is -2.19. The second-order valence-electron chi connectivity index (χ2n) is 5.10. The monoisotopic (exact) mass is 492 g/mol. The van der Waals surface area contributed by atoms with Crippen molar-refractivity contribution in [3.05, 3.63) is 36.3 Å². The average Bonchev–Trinajstić information content (AvgIpc) is 2.84. The second kappa shape index (κ2) is 8.03. The number of esters is 1. The van der Waals surface area contributed by atoms with E-state index in [1.54, 1.807) is 29.5 Å². The van der Waals surface area contributed by atoms with E-state index in [1.165, 1.54) is 19.1 Å². The molecule has 1 aromatic carbocycles. The molecule has 26 heavy (non-hydrogen) atoms. The van der Waals surface area contributed by atoms with E-state index in [1.807, 2.05) is 0 Å². The van der Waals surface area contributed by atoms with Crippen LogP contribution in [0.3, 0.4) is 0 Å². The summed E-state index contributed by atoms with van der Waals surface area (Å²) < 4.78 is 5.04. The zero-order valence-corrected chi connectivity index (χ0v) is 16.6. The first kappa shape index (κ1) is 20.2. The second-order valence-corrected chi connectivity index (χ2v) is 7.26. The molecule has 1 aromatic rings. The number of phenols is 1. The number of nitrogens with zero attached hydrogens (tertiary/aromatic N) is 2. The number of halogens is 1. The molecule has 11 heteroatoms. The highest BCUT2D eigenvalue weighted by Crippen LogP contribution is 2.37. The van der Waals surface area contributed by atoms with E-state index >= 15 is 0 Å². The zero-order valence-electron chi connectivity index (χ0n) is 13.6. The van der Waals surface area contributed by atoms with Gasteiger partial charge in [0.15, 0.2) is 0 Å². The SMILES string of the molecule is CCOC(=O)[C@@H](C)N1C(=O)S/C(=C/c2cc([N+](=O)[O-])cc(I)c2O)C1=O. The molecule has 0 radical (unpaired) electrons. The number of amides is 2. The van der Waals surface area contributed by atoms with Crippen LogP contribution in [-0.4, -0.2) is 44.7 Å². The molecular weight excluding hydrogens is 479 g/mol. The number of imide groups is 1. The molecule has 138 valence electrons. The van der Waals surface area contributed by atoms with Crippen LogP contribution in [0.15, 0.2) is 17.0 Å². The number of thioether (sulfide) groups is 1. The number of benzene rings is 1. The number of hydrogen-bond donors (Lipinski definition) is 1. The third kappa shape index (κ3) is 3.98. The Morgan fingerprint density at radius 2 is 2.15 bits per heavy atom. The molecule has 2 amide bonds. The summed E-state index contributed by atoms with van der Waals surface area (Å²) in [7, 11) is 0.